The number of aliphatic hydroxyl groups excluding tert-OH is 3. The van der Waals surface area contributed by atoms with E-state index in [1.54, 1.807) is 20.8 Å². The number of hydrogen-bond donors (Lipinski definition) is 5. The molecule has 6 atom stereocenters. The summed E-state index contributed by atoms with van der Waals surface area (Å²) in [5.74, 6) is -2.05. The number of ether oxygens (including phenoxy) is 15. The van der Waals surface area contributed by atoms with Gasteiger partial charge in [0.25, 0.3) is 11.9 Å². The summed E-state index contributed by atoms with van der Waals surface area (Å²) in [7, 11) is 0. The molecule has 0 bridgehead atoms. The van der Waals surface area contributed by atoms with Gasteiger partial charge in [0.1, 0.15) is 18.3 Å². The third kappa shape index (κ3) is 95.8. The van der Waals surface area contributed by atoms with Crippen molar-refractivity contribution >= 4 is 29.8 Å². The second-order valence-electron chi connectivity index (χ2n) is 32.6. The third-order valence-corrected chi connectivity index (χ3v) is 19.0. The monoisotopic (exact) mass is 1780 g/mol. The summed E-state index contributed by atoms with van der Waals surface area (Å²) >= 11 is 0. The number of unbranched alkanes of at least 4 members (excludes halogenated alkanes) is 30. The van der Waals surface area contributed by atoms with Crippen LogP contribution in [-0.2, 0) is 135 Å². The molecule has 726 valence electrons. The van der Waals surface area contributed by atoms with Crippen molar-refractivity contribution in [2.45, 2.75) is 384 Å². The van der Waals surface area contributed by atoms with Gasteiger partial charge >= 0.3 is 17.9 Å². The number of carbonyl (C=O) groups excluding carboxylic acids is 3. The number of carbonyl (C=O) groups is 5. The third-order valence-electron chi connectivity index (χ3n) is 19.0. The average molecular weight is 1780 g/mol. The maximum Gasteiger partial charge on any atom is 0.306 e. The fourth-order valence-corrected chi connectivity index (χ4v) is 12.3. The van der Waals surface area contributed by atoms with Crippen molar-refractivity contribution in [1.29, 1.82) is 0 Å². The van der Waals surface area contributed by atoms with Gasteiger partial charge in [-0.2, -0.15) is 0 Å². The van der Waals surface area contributed by atoms with Crippen LogP contribution in [0.25, 0.3) is 0 Å². The zero-order valence-corrected chi connectivity index (χ0v) is 79.7. The minimum atomic E-state index is -0.833. The Morgan fingerprint density at radius 1 is 0.232 bits per heavy atom. The minimum absolute atomic E-state index is 0.128. The van der Waals surface area contributed by atoms with Crippen LogP contribution in [0.1, 0.15) is 341 Å². The molecular formula is C100H176O25. The van der Waals surface area contributed by atoms with E-state index in [-0.39, 0.29) is 36.2 Å². The topological polar surface area (TPSA) is 325 Å². The van der Waals surface area contributed by atoms with Gasteiger partial charge in [-0.15, -0.1) is 0 Å². The fraction of sp³-hybridized carbons (Fsp3) is 0.770. The van der Waals surface area contributed by atoms with E-state index in [2.05, 4.69) is 20.8 Å². The molecule has 0 aliphatic carbocycles. The number of rotatable bonds is 81. The highest BCUT2D eigenvalue weighted by molar-refractivity contribution is 5.70. The van der Waals surface area contributed by atoms with Crippen LogP contribution in [0, 0.1) is 0 Å². The quantitative estimate of drug-likeness (QED) is 0.0199. The van der Waals surface area contributed by atoms with Gasteiger partial charge in [0.05, 0.1) is 177 Å². The summed E-state index contributed by atoms with van der Waals surface area (Å²) in [6.07, 6.45) is 41.2. The summed E-state index contributed by atoms with van der Waals surface area (Å²) in [5.41, 5.74) is 6.52. The van der Waals surface area contributed by atoms with Crippen molar-refractivity contribution in [1.82, 2.24) is 0 Å². The highest BCUT2D eigenvalue weighted by Crippen LogP contribution is 2.18. The lowest BCUT2D eigenvalue weighted by Crippen LogP contribution is -2.21. The van der Waals surface area contributed by atoms with Crippen LogP contribution in [0.3, 0.4) is 0 Å². The Morgan fingerprint density at radius 2 is 0.368 bits per heavy atom. The van der Waals surface area contributed by atoms with Crippen molar-refractivity contribution in [2.24, 2.45) is 0 Å². The van der Waals surface area contributed by atoms with E-state index in [0.717, 1.165) is 85.8 Å². The summed E-state index contributed by atoms with van der Waals surface area (Å²) < 4.78 is 82.9. The van der Waals surface area contributed by atoms with Crippen LogP contribution in [0.4, 0.5) is 0 Å². The number of hydrogen-bond acceptors (Lipinski definition) is 23. The van der Waals surface area contributed by atoms with E-state index in [0.29, 0.717) is 178 Å². The van der Waals surface area contributed by atoms with E-state index in [4.69, 9.17) is 106 Å². The first-order valence-electron chi connectivity index (χ1n) is 47.7. The van der Waals surface area contributed by atoms with E-state index in [1.165, 1.54) is 173 Å². The predicted molar refractivity (Wildman–Crippen MR) is 494 cm³/mol. The molecule has 0 amide bonds. The number of aliphatic hydroxyl groups is 3. The smallest absolute Gasteiger partial charge is 0.306 e. The van der Waals surface area contributed by atoms with E-state index in [1.807, 2.05) is 93.6 Å². The number of aliphatic carboxylic acids is 2. The average Bonchev–Trinajstić information content (AvgIpc) is 0.922. The standard InChI is InChI=1S/C46H82O8.C32H56O7.C18H30O6.2C2H4O2/c1-5-7-9-11-13-15-17-19-21-23-25-27-45(47)53-41(3)37-49-33-35-51-39-43-29-31-44(32-30-43)40-52-36-34-50-38-42(4)54-46(48)28-26-24-22-20-18-16-14-12-10-8-6-2;1-4-5-6-7-8-9-10-11-12-13-14-15-32(34)39-29(3)25-36-21-23-38-27-31-18-16-30(17-19-31)26-37-22-20-35-24-28(2)33;1-15(19)11-21-7-9-23-13-17-3-5-18(6-4-17)14-24-10-8-22-12-16(2)20;2*1-2(3)4/h29-32,41-42H,5-28,33-40H2,1-4H3;16-19,28-29,33H,4-15,20-27H2,1-3H3;3-6,15-16,19-20H,7-14H2,1-2H3;2*1H3,(H,3,4). The first-order chi connectivity index (χ1) is 60.5. The lowest BCUT2D eigenvalue weighted by atomic mass is 10.1. The first-order valence-corrected chi connectivity index (χ1v) is 47.7. The van der Waals surface area contributed by atoms with Gasteiger partial charge in [0, 0.05) is 33.1 Å². The molecule has 25 heteroatoms. The molecule has 0 saturated heterocycles. The Bertz CT molecular complexity index is 2670. The highest BCUT2D eigenvalue weighted by Gasteiger charge is 2.14. The number of esters is 3. The zero-order chi connectivity index (χ0) is 92.3. The van der Waals surface area contributed by atoms with E-state index < -0.39 is 30.3 Å². The molecule has 3 aromatic carbocycles. The maximum atomic E-state index is 12.1. The lowest BCUT2D eigenvalue weighted by molar-refractivity contribution is -0.152. The van der Waals surface area contributed by atoms with Crippen molar-refractivity contribution in [3.63, 3.8) is 0 Å². The Balaban J connectivity index is 0. The predicted octanol–water partition coefficient (Wildman–Crippen LogP) is 20.5. The van der Waals surface area contributed by atoms with Gasteiger partial charge < -0.3 is 96.6 Å². The molecular weight excluding hydrogens is 1600 g/mol. The summed E-state index contributed by atoms with van der Waals surface area (Å²) in [6, 6.07) is 24.3. The molecule has 125 heavy (non-hydrogen) atoms. The van der Waals surface area contributed by atoms with Crippen molar-refractivity contribution in [3.05, 3.63) is 106 Å². The Kier molecular flexibility index (Phi) is 90.5. The van der Waals surface area contributed by atoms with Gasteiger partial charge in [-0.25, -0.2) is 0 Å². The molecule has 0 aliphatic heterocycles. The number of carboxylic acids is 2. The summed E-state index contributed by atoms with van der Waals surface area (Å²) in [4.78, 5) is 54.3. The molecule has 0 saturated carbocycles. The Hall–Kier alpha value is -5.59. The molecule has 3 aromatic rings. The summed E-state index contributed by atoms with van der Waals surface area (Å²) in [5, 5.41) is 42.1. The molecule has 0 heterocycles. The number of benzene rings is 3. The minimum Gasteiger partial charge on any atom is -0.481 e. The molecule has 6 unspecified atom stereocenters. The van der Waals surface area contributed by atoms with Crippen molar-refractivity contribution in [2.75, 3.05) is 119 Å². The summed E-state index contributed by atoms with van der Waals surface area (Å²) in [6.45, 7) is 30.6. The van der Waals surface area contributed by atoms with Crippen LogP contribution in [0.5, 0.6) is 0 Å². The largest absolute Gasteiger partial charge is 0.481 e. The van der Waals surface area contributed by atoms with Gasteiger partial charge in [0.2, 0.25) is 0 Å². The maximum absolute atomic E-state index is 12.1. The molecule has 25 nitrogen and oxygen atoms in total. The van der Waals surface area contributed by atoms with E-state index in [9.17, 15) is 14.4 Å². The van der Waals surface area contributed by atoms with Crippen molar-refractivity contribution < 1.29 is 121 Å². The zero-order valence-electron chi connectivity index (χ0n) is 79.7. The molecule has 0 spiro atoms. The van der Waals surface area contributed by atoms with Crippen LogP contribution < -0.4 is 0 Å². The van der Waals surface area contributed by atoms with Crippen molar-refractivity contribution in [3.8, 4) is 0 Å². The lowest BCUT2D eigenvalue weighted by Gasteiger charge is -2.14. The normalized spacial score (nSPS) is 12.5. The van der Waals surface area contributed by atoms with Gasteiger partial charge in [-0.1, -0.05) is 286 Å². The molecule has 5 N–H and O–H groups in total. The van der Waals surface area contributed by atoms with Crippen LogP contribution in [0.15, 0.2) is 72.8 Å². The molecule has 3 rings (SSSR count). The molecule has 0 fully saturated rings. The highest BCUT2D eigenvalue weighted by atomic mass is 16.6. The van der Waals surface area contributed by atoms with E-state index >= 15 is 0 Å². The molecule has 0 aliphatic rings. The Morgan fingerprint density at radius 3 is 0.520 bits per heavy atom. The van der Waals surface area contributed by atoms with Gasteiger partial charge in [0.15, 0.2) is 0 Å². The van der Waals surface area contributed by atoms with Gasteiger partial charge in [-0.3, -0.25) is 24.0 Å². The first kappa shape index (κ1) is 121. The molecule has 0 radical (unpaired) electrons. The van der Waals surface area contributed by atoms with Gasteiger partial charge in [-0.05, 0) is 94.2 Å². The second-order valence-corrected chi connectivity index (χ2v) is 32.6. The fourth-order valence-electron chi connectivity index (χ4n) is 12.3. The SMILES string of the molecule is CC(=O)O.CC(=O)O.CC(O)COCCOCc1ccc(COCCOCC(C)O)cc1.CCCCCCCCCCCCCC(=O)OC(C)COCCOCc1ccc(COCCOCC(C)O)cc1.CCCCCCCCCCCCCC(=O)OC(C)COCCOCc1ccc(COCCOCC(C)OC(=O)CCCCCCCCCCCCC)cc1. The molecule has 0 aromatic heterocycles. The van der Waals surface area contributed by atoms with Crippen LogP contribution in [0.2, 0.25) is 0 Å². The Labute approximate surface area is 755 Å². The number of carboxylic acid groups (broad SMARTS) is 2. The second kappa shape index (κ2) is 93.1. The van der Waals surface area contributed by atoms with Crippen LogP contribution >= 0.6 is 0 Å². The van der Waals surface area contributed by atoms with Crippen LogP contribution in [-0.4, -0.2) is 211 Å².